The summed E-state index contributed by atoms with van der Waals surface area (Å²) in [5, 5.41) is 10.9. The summed E-state index contributed by atoms with van der Waals surface area (Å²) in [5.41, 5.74) is 0.416. The summed E-state index contributed by atoms with van der Waals surface area (Å²) in [6, 6.07) is 3.80. The van der Waals surface area contributed by atoms with Gasteiger partial charge in [-0.3, -0.25) is 4.79 Å². The van der Waals surface area contributed by atoms with Gasteiger partial charge in [0.1, 0.15) is 0 Å². The predicted octanol–water partition coefficient (Wildman–Crippen LogP) is 1.53. The lowest BCUT2D eigenvalue weighted by Gasteiger charge is -2.46. The largest absolute Gasteiger partial charge is 0.375 e. The topological polar surface area (TPSA) is 93.1 Å². The van der Waals surface area contributed by atoms with Gasteiger partial charge in [-0.1, -0.05) is 0 Å². The summed E-state index contributed by atoms with van der Waals surface area (Å²) in [4.78, 5) is 22.9. The Bertz CT molecular complexity index is 734. The first-order valence-corrected chi connectivity index (χ1v) is 8.98. The lowest BCUT2D eigenvalue weighted by molar-refractivity contribution is -0.110. The van der Waals surface area contributed by atoms with Crippen molar-refractivity contribution < 1.29 is 9.53 Å². The molecule has 2 fully saturated rings. The second-order valence-corrected chi connectivity index (χ2v) is 6.86. The molecule has 136 valence electrons. The minimum absolute atomic E-state index is 0.0120. The van der Waals surface area contributed by atoms with Crippen molar-refractivity contribution in [3.8, 4) is 0 Å². The molecule has 1 atom stereocenters. The van der Waals surface area contributed by atoms with Crippen molar-refractivity contribution in [2.45, 2.75) is 37.3 Å². The van der Waals surface area contributed by atoms with E-state index >= 15 is 0 Å². The molecule has 2 aliphatic heterocycles. The summed E-state index contributed by atoms with van der Waals surface area (Å²) in [6.45, 7) is 2.10. The lowest BCUT2D eigenvalue weighted by Crippen LogP contribution is -2.52. The quantitative estimate of drug-likeness (QED) is 0.893. The van der Waals surface area contributed by atoms with E-state index < -0.39 is 0 Å². The third-order valence-corrected chi connectivity index (χ3v) is 5.19. The Labute approximate surface area is 152 Å². The third kappa shape index (κ3) is 3.65. The smallest absolute Gasteiger partial charge is 0.255 e. The number of nitrogens with zero attached hydrogens (tertiary/aromatic N) is 5. The molecular formula is C18H22N6O2. The molecule has 8 heteroatoms. The van der Waals surface area contributed by atoms with Crippen LogP contribution in [-0.2, 0) is 4.74 Å². The van der Waals surface area contributed by atoms with Gasteiger partial charge in [0.2, 0.25) is 5.95 Å². The minimum atomic E-state index is -0.169. The van der Waals surface area contributed by atoms with E-state index in [-0.39, 0.29) is 17.6 Å². The van der Waals surface area contributed by atoms with E-state index in [9.17, 15) is 4.79 Å². The van der Waals surface area contributed by atoms with E-state index in [1.54, 1.807) is 24.7 Å². The minimum Gasteiger partial charge on any atom is -0.375 e. The van der Waals surface area contributed by atoms with Crippen LogP contribution in [0.2, 0.25) is 0 Å². The number of nitrogens with one attached hydrogen (secondary N) is 1. The van der Waals surface area contributed by atoms with Crippen LogP contribution in [0.5, 0.6) is 0 Å². The maximum Gasteiger partial charge on any atom is 0.255 e. The maximum absolute atomic E-state index is 12.6. The van der Waals surface area contributed by atoms with Crippen LogP contribution in [0, 0.1) is 0 Å². The van der Waals surface area contributed by atoms with Crippen LogP contribution < -0.4 is 5.32 Å². The number of amides is 1. The van der Waals surface area contributed by atoms with Gasteiger partial charge in [-0.25, -0.2) is 9.97 Å². The Morgan fingerprint density at radius 1 is 1.19 bits per heavy atom. The monoisotopic (exact) mass is 354 g/mol. The van der Waals surface area contributed by atoms with Crippen LogP contribution in [0.1, 0.15) is 36.0 Å². The van der Waals surface area contributed by atoms with E-state index in [2.05, 4.69) is 25.5 Å². The second-order valence-electron chi connectivity index (χ2n) is 6.86. The molecule has 0 aliphatic carbocycles. The molecule has 0 radical (unpaired) electrons. The van der Waals surface area contributed by atoms with Crippen molar-refractivity contribution in [1.29, 1.82) is 0 Å². The summed E-state index contributed by atoms with van der Waals surface area (Å²) in [7, 11) is 0. The van der Waals surface area contributed by atoms with E-state index in [4.69, 9.17) is 4.74 Å². The van der Waals surface area contributed by atoms with Gasteiger partial charge in [0.15, 0.2) is 0 Å². The third-order valence-electron chi connectivity index (χ3n) is 5.19. The van der Waals surface area contributed by atoms with Crippen molar-refractivity contribution >= 4 is 11.9 Å². The fraction of sp³-hybridized carbons (Fsp3) is 0.500. The number of ether oxygens (including phenoxy) is 1. The molecule has 0 saturated carbocycles. The summed E-state index contributed by atoms with van der Waals surface area (Å²) in [5.74, 6) is 0.672. The fourth-order valence-electron chi connectivity index (χ4n) is 3.77. The zero-order chi connectivity index (χ0) is 17.8. The van der Waals surface area contributed by atoms with E-state index in [1.165, 1.54) is 6.20 Å². The molecule has 4 rings (SSSR count). The number of carbonyl (C=O) groups is 1. The molecule has 0 aromatic carbocycles. The van der Waals surface area contributed by atoms with Crippen molar-refractivity contribution in [2.75, 3.05) is 25.0 Å². The molecule has 0 unspecified atom stereocenters. The molecule has 26 heavy (non-hydrogen) atoms. The maximum atomic E-state index is 12.6. The second kappa shape index (κ2) is 7.33. The van der Waals surface area contributed by atoms with Gasteiger partial charge in [-0.05, 0) is 37.8 Å². The first-order chi connectivity index (χ1) is 12.7. The molecule has 8 nitrogen and oxygen atoms in total. The SMILES string of the molecule is O=C(c1ccnnc1)N1CCC2(CC1)C[C@H](Nc1ncccn1)CCO2. The normalized spacial score (nSPS) is 22.2. The first-order valence-electron chi connectivity index (χ1n) is 8.98. The van der Waals surface area contributed by atoms with Crippen LogP contribution in [0.3, 0.4) is 0 Å². The van der Waals surface area contributed by atoms with Crippen LogP contribution in [-0.4, -0.2) is 62.3 Å². The highest BCUT2D eigenvalue weighted by Gasteiger charge is 2.41. The highest BCUT2D eigenvalue weighted by atomic mass is 16.5. The van der Waals surface area contributed by atoms with Crippen molar-refractivity contribution in [1.82, 2.24) is 25.1 Å². The average molecular weight is 354 g/mol. The van der Waals surface area contributed by atoms with Crippen LogP contribution in [0.15, 0.2) is 36.9 Å². The highest BCUT2D eigenvalue weighted by molar-refractivity contribution is 5.93. The predicted molar refractivity (Wildman–Crippen MR) is 94.5 cm³/mol. The van der Waals surface area contributed by atoms with Crippen LogP contribution in [0.25, 0.3) is 0 Å². The number of aromatic nitrogens is 4. The van der Waals surface area contributed by atoms with Crippen LogP contribution >= 0.6 is 0 Å². The van der Waals surface area contributed by atoms with Crippen molar-refractivity contribution in [3.63, 3.8) is 0 Å². The molecule has 2 aromatic rings. The molecule has 4 heterocycles. The van der Waals surface area contributed by atoms with Crippen LogP contribution in [0.4, 0.5) is 5.95 Å². The van der Waals surface area contributed by atoms with Gasteiger partial charge in [0.25, 0.3) is 5.91 Å². The average Bonchev–Trinajstić information content (AvgIpc) is 2.70. The first kappa shape index (κ1) is 16.8. The van der Waals surface area contributed by atoms with Crippen molar-refractivity contribution in [3.05, 3.63) is 42.5 Å². The molecule has 2 aromatic heterocycles. The molecule has 1 N–H and O–H groups in total. The van der Waals surface area contributed by atoms with Gasteiger partial charge in [0, 0.05) is 38.1 Å². The van der Waals surface area contributed by atoms with Crippen molar-refractivity contribution in [2.24, 2.45) is 0 Å². The standard InChI is InChI=1S/C18H22N6O2/c25-16(14-2-8-21-22-13-14)24-9-4-18(5-10-24)12-15(3-11-26-18)23-17-19-6-1-7-20-17/h1-2,6-8,13,15H,3-5,9-12H2,(H,19,20,23)/t15-/m1/s1. The van der Waals surface area contributed by atoms with E-state index in [1.807, 2.05) is 11.0 Å². The Kier molecular flexibility index (Phi) is 4.75. The number of hydrogen-bond acceptors (Lipinski definition) is 7. The number of hydrogen-bond donors (Lipinski definition) is 1. The van der Waals surface area contributed by atoms with Gasteiger partial charge >= 0.3 is 0 Å². The number of rotatable bonds is 3. The number of piperidine rings is 1. The Hall–Kier alpha value is -2.61. The molecule has 0 bridgehead atoms. The molecule has 1 amide bonds. The lowest BCUT2D eigenvalue weighted by atomic mass is 9.82. The Balaban J connectivity index is 1.36. The summed E-state index contributed by atoms with van der Waals surface area (Å²) in [6.07, 6.45) is 10.1. The van der Waals surface area contributed by atoms with E-state index in [0.717, 1.165) is 25.7 Å². The van der Waals surface area contributed by atoms with Gasteiger partial charge in [-0.15, -0.1) is 0 Å². The summed E-state index contributed by atoms with van der Waals surface area (Å²) < 4.78 is 6.17. The molecule has 2 saturated heterocycles. The van der Waals surface area contributed by atoms with Gasteiger partial charge in [-0.2, -0.15) is 10.2 Å². The number of carbonyl (C=O) groups excluding carboxylic acids is 1. The highest BCUT2D eigenvalue weighted by Crippen LogP contribution is 2.36. The molecular weight excluding hydrogens is 332 g/mol. The van der Waals surface area contributed by atoms with E-state index in [0.29, 0.717) is 31.2 Å². The zero-order valence-corrected chi connectivity index (χ0v) is 14.5. The summed E-state index contributed by atoms with van der Waals surface area (Å²) >= 11 is 0. The number of likely N-dealkylation sites (tertiary alicyclic amines) is 1. The fourth-order valence-corrected chi connectivity index (χ4v) is 3.77. The Morgan fingerprint density at radius 3 is 2.73 bits per heavy atom. The van der Waals surface area contributed by atoms with Gasteiger partial charge < -0.3 is 15.0 Å². The zero-order valence-electron chi connectivity index (χ0n) is 14.5. The molecule has 1 spiro atoms. The molecule has 2 aliphatic rings. The Morgan fingerprint density at radius 2 is 2.00 bits per heavy atom. The van der Waals surface area contributed by atoms with Gasteiger partial charge in [0.05, 0.1) is 23.6 Å². The number of anilines is 1.